The van der Waals surface area contributed by atoms with Crippen LogP contribution in [0, 0.1) is 0 Å². The molecule has 0 fully saturated rings. The van der Waals surface area contributed by atoms with Crippen molar-refractivity contribution in [1.29, 1.82) is 0 Å². The highest BCUT2D eigenvalue weighted by atomic mass is 32.1. The van der Waals surface area contributed by atoms with Gasteiger partial charge in [0.05, 0.1) is 0 Å². The molecule has 0 aliphatic carbocycles. The molecule has 0 saturated heterocycles. The van der Waals surface area contributed by atoms with Gasteiger partial charge in [0.25, 0.3) is 0 Å². The molecule has 0 saturated carbocycles. The number of nitrogens with zero attached hydrogens (tertiary/aromatic N) is 2. The van der Waals surface area contributed by atoms with Gasteiger partial charge in [0.15, 0.2) is 13.5 Å². The van der Waals surface area contributed by atoms with E-state index in [0.29, 0.717) is 13.5 Å². The summed E-state index contributed by atoms with van der Waals surface area (Å²) < 4.78 is 12.6. The lowest BCUT2D eigenvalue weighted by atomic mass is 9.70. The molecule has 6 aromatic carbocycles. The molecule has 6 aromatic rings. The van der Waals surface area contributed by atoms with Crippen molar-refractivity contribution in [2.24, 2.45) is 0 Å². The summed E-state index contributed by atoms with van der Waals surface area (Å²) in [6.07, 6.45) is 0. The number of rotatable bonds is 5. The molecule has 4 nitrogen and oxygen atoms in total. The lowest BCUT2D eigenvalue weighted by Gasteiger charge is -2.36. The van der Waals surface area contributed by atoms with Gasteiger partial charge in [-0.2, -0.15) is 0 Å². The van der Waals surface area contributed by atoms with Crippen LogP contribution >= 0.6 is 25.3 Å². The summed E-state index contributed by atoms with van der Waals surface area (Å²) >= 11 is 9.14. The summed E-state index contributed by atoms with van der Waals surface area (Å²) in [5.41, 5.74) is 7.75. The maximum Gasteiger partial charge on any atom is 0.161 e. The molecule has 46 heavy (non-hydrogen) atoms. The lowest BCUT2D eigenvalue weighted by Crippen LogP contribution is -2.33. The van der Waals surface area contributed by atoms with Crippen LogP contribution < -0.4 is 19.3 Å². The van der Waals surface area contributed by atoms with Crippen LogP contribution in [0.25, 0.3) is 10.8 Å². The molecule has 0 unspecified atom stereocenters. The quantitative estimate of drug-likeness (QED) is 0.145. The van der Waals surface area contributed by atoms with Gasteiger partial charge in [-0.3, -0.25) is 0 Å². The highest BCUT2D eigenvalue weighted by Crippen LogP contribution is 2.44. The topological polar surface area (TPSA) is 24.9 Å². The van der Waals surface area contributed by atoms with Gasteiger partial charge in [-0.05, 0) is 101 Å². The number of benzene rings is 6. The molecule has 8 rings (SSSR count). The average molecular weight is 639 g/mol. The van der Waals surface area contributed by atoms with Crippen LogP contribution in [-0.4, -0.2) is 13.5 Å². The van der Waals surface area contributed by atoms with Crippen LogP contribution in [0.5, 0.6) is 11.5 Å². The normalized spacial score (nSPS) is 14.3. The summed E-state index contributed by atoms with van der Waals surface area (Å²) in [5.74, 6) is 1.87. The van der Waals surface area contributed by atoms with E-state index in [0.717, 1.165) is 45.8 Å². The van der Waals surface area contributed by atoms with E-state index in [9.17, 15) is 0 Å². The third-order valence-electron chi connectivity index (χ3n) is 9.47. The molecule has 2 heterocycles. The molecule has 0 radical (unpaired) electrons. The first-order valence-electron chi connectivity index (χ1n) is 15.5. The van der Waals surface area contributed by atoms with Crippen molar-refractivity contribution in [2.75, 3.05) is 23.3 Å². The average Bonchev–Trinajstić information content (AvgIpc) is 3.10. The smallest absolute Gasteiger partial charge is 0.161 e. The van der Waals surface area contributed by atoms with Gasteiger partial charge in [0, 0.05) is 50.8 Å². The first-order chi connectivity index (χ1) is 22.4. The minimum atomic E-state index is -0.450. The molecule has 0 spiro atoms. The van der Waals surface area contributed by atoms with E-state index in [1.807, 2.05) is 24.3 Å². The molecule has 2 aliphatic heterocycles. The lowest BCUT2D eigenvalue weighted by molar-refractivity contribution is 0.289. The summed E-state index contributed by atoms with van der Waals surface area (Å²) in [5, 5.41) is 2.46. The van der Waals surface area contributed by atoms with Crippen LogP contribution in [0.4, 0.5) is 11.4 Å². The second kappa shape index (κ2) is 11.7. The summed E-state index contributed by atoms with van der Waals surface area (Å²) in [6.45, 7) is 4.86. The summed E-state index contributed by atoms with van der Waals surface area (Å²) in [6, 6.07) is 45.3. The molecule has 0 aromatic heterocycles. The van der Waals surface area contributed by atoms with E-state index >= 15 is 0 Å². The summed E-state index contributed by atoms with van der Waals surface area (Å²) in [4.78, 5) is 6.39. The first-order valence-corrected chi connectivity index (χ1v) is 16.4. The highest BCUT2D eigenvalue weighted by molar-refractivity contribution is 7.80. The van der Waals surface area contributed by atoms with Crippen LogP contribution in [0.1, 0.15) is 34.7 Å². The predicted molar refractivity (Wildman–Crippen MR) is 193 cm³/mol. The molecule has 0 amide bonds. The maximum atomic E-state index is 6.28. The van der Waals surface area contributed by atoms with E-state index in [-0.39, 0.29) is 0 Å². The molecule has 0 bridgehead atoms. The Morgan fingerprint density at radius 1 is 0.522 bits per heavy atom. The Bertz CT molecular complexity index is 1990. The van der Waals surface area contributed by atoms with Gasteiger partial charge in [-0.1, -0.05) is 60.7 Å². The number of hydrogen-bond donors (Lipinski definition) is 2. The van der Waals surface area contributed by atoms with Crippen LogP contribution in [0.15, 0.2) is 137 Å². The molecule has 0 N–H and O–H groups in total. The Kier molecular flexibility index (Phi) is 7.35. The molecular formula is C40H34N2O2S2. The van der Waals surface area contributed by atoms with Crippen LogP contribution in [0.2, 0.25) is 0 Å². The fourth-order valence-electron chi connectivity index (χ4n) is 6.82. The predicted octanol–water partition coefficient (Wildman–Crippen LogP) is 9.48. The van der Waals surface area contributed by atoms with Gasteiger partial charge in [-0.15, -0.1) is 25.3 Å². The van der Waals surface area contributed by atoms with Crippen molar-refractivity contribution in [3.05, 3.63) is 155 Å². The monoisotopic (exact) mass is 638 g/mol. The number of fused-ring (bicyclic) bond motifs is 3. The van der Waals surface area contributed by atoms with Gasteiger partial charge in [-0.25, -0.2) is 0 Å². The van der Waals surface area contributed by atoms with E-state index in [4.69, 9.17) is 9.47 Å². The number of ether oxygens (including phenoxy) is 2. The molecular weight excluding hydrogens is 605 g/mol. The molecule has 228 valence electrons. The van der Waals surface area contributed by atoms with Gasteiger partial charge >= 0.3 is 0 Å². The number of anilines is 2. The minimum absolute atomic E-state index is 0.450. The highest BCUT2D eigenvalue weighted by Gasteiger charge is 2.34. The Morgan fingerprint density at radius 2 is 1.02 bits per heavy atom. The SMILES string of the molecule is CC(c1ccc2c(c1)CN(c1cccc(S)c1)CO2)(c1ccc2c(c1)CN(c1cccc(S)c1)CO2)c1ccc2ccccc2c1. The van der Waals surface area contributed by atoms with Crippen molar-refractivity contribution in [3.8, 4) is 11.5 Å². The van der Waals surface area contributed by atoms with Crippen molar-refractivity contribution >= 4 is 47.4 Å². The van der Waals surface area contributed by atoms with Crippen molar-refractivity contribution in [1.82, 2.24) is 0 Å². The van der Waals surface area contributed by atoms with E-state index < -0.39 is 5.41 Å². The molecule has 2 aliphatic rings. The Morgan fingerprint density at radius 3 is 1.57 bits per heavy atom. The summed E-state index contributed by atoms with van der Waals surface area (Å²) in [7, 11) is 0. The van der Waals surface area contributed by atoms with Crippen LogP contribution in [-0.2, 0) is 18.5 Å². The number of thiol groups is 2. The van der Waals surface area contributed by atoms with E-state index in [1.165, 1.54) is 38.6 Å². The van der Waals surface area contributed by atoms with Gasteiger partial charge < -0.3 is 19.3 Å². The second-order valence-electron chi connectivity index (χ2n) is 12.3. The molecule has 6 heteroatoms. The van der Waals surface area contributed by atoms with Crippen molar-refractivity contribution in [2.45, 2.75) is 35.2 Å². The second-order valence-corrected chi connectivity index (χ2v) is 13.3. The largest absolute Gasteiger partial charge is 0.473 e. The van der Waals surface area contributed by atoms with E-state index in [1.54, 1.807) is 0 Å². The van der Waals surface area contributed by atoms with Crippen molar-refractivity contribution < 1.29 is 9.47 Å². The zero-order valence-electron chi connectivity index (χ0n) is 25.6. The fraction of sp³-hybridized carbons (Fsp3) is 0.150. The maximum absolute atomic E-state index is 6.28. The zero-order chi connectivity index (χ0) is 31.3. The fourth-order valence-corrected chi connectivity index (χ4v) is 7.26. The number of hydrogen-bond acceptors (Lipinski definition) is 6. The Balaban J connectivity index is 1.23. The third-order valence-corrected chi connectivity index (χ3v) is 10.0. The van der Waals surface area contributed by atoms with Gasteiger partial charge in [0.1, 0.15) is 11.5 Å². The third kappa shape index (κ3) is 5.25. The standard InChI is InChI=1S/C40H34N2O2S2/c1-40(31-13-12-27-6-2-3-7-28(27)18-31,32-14-16-38-29(19-32)23-41(25-43-38)34-8-4-10-36(45)21-34)33-15-17-39-30(20-33)24-42(26-44-39)35-9-5-11-37(46)22-35/h2-22,45-46H,23-26H2,1H3. The van der Waals surface area contributed by atoms with Crippen molar-refractivity contribution in [3.63, 3.8) is 0 Å². The minimum Gasteiger partial charge on any atom is -0.473 e. The Hall–Kier alpha value is -4.52. The molecule has 0 atom stereocenters. The zero-order valence-corrected chi connectivity index (χ0v) is 27.3. The van der Waals surface area contributed by atoms with Gasteiger partial charge in [0.2, 0.25) is 0 Å². The van der Waals surface area contributed by atoms with Crippen LogP contribution in [0.3, 0.4) is 0 Å². The first kappa shape index (κ1) is 28.9. The Labute approximate surface area is 281 Å². The van der Waals surface area contributed by atoms with E-state index in [2.05, 4.69) is 145 Å².